The summed E-state index contributed by atoms with van der Waals surface area (Å²) in [5, 5.41) is 3.47. The summed E-state index contributed by atoms with van der Waals surface area (Å²) >= 11 is 0. The Morgan fingerprint density at radius 2 is 2.16 bits per heavy atom. The van der Waals surface area contributed by atoms with Gasteiger partial charge < -0.3 is 14.8 Å². The van der Waals surface area contributed by atoms with Gasteiger partial charge in [0.05, 0.1) is 12.3 Å². The Kier molecular flexibility index (Phi) is 7.35. The van der Waals surface area contributed by atoms with E-state index in [4.69, 9.17) is 9.47 Å². The lowest BCUT2D eigenvalue weighted by atomic mass is 10.1. The Hall–Kier alpha value is -2.47. The molecule has 1 N–H and O–H groups in total. The van der Waals surface area contributed by atoms with Crippen molar-refractivity contribution in [1.82, 2.24) is 15.3 Å². The van der Waals surface area contributed by atoms with Crippen LogP contribution in [-0.4, -0.2) is 28.6 Å². The molecule has 6 nitrogen and oxygen atoms in total. The Bertz CT molecular complexity index is 677. The van der Waals surface area contributed by atoms with Crippen LogP contribution in [-0.2, 0) is 29.1 Å². The van der Waals surface area contributed by atoms with Gasteiger partial charge in [0.25, 0.3) is 0 Å². The van der Waals surface area contributed by atoms with E-state index in [2.05, 4.69) is 22.2 Å². The van der Waals surface area contributed by atoms with Crippen LogP contribution >= 0.6 is 0 Å². The molecule has 134 valence electrons. The maximum atomic E-state index is 11.1. The van der Waals surface area contributed by atoms with Crippen LogP contribution in [0.15, 0.2) is 36.8 Å². The molecule has 0 spiro atoms. The van der Waals surface area contributed by atoms with Crippen molar-refractivity contribution in [1.29, 1.82) is 0 Å². The first kappa shape index (κ1) is 18.9. The first-order valence-corrected chi connectivity index (χ1v) is 8.44. The second kappa shape index (κ2) is 9.74. The predicted molar refractivity (Wildman–Crippen MR) is 95.1 cm³/mol. The highest BCUT2D eigenvalue weighted by Crippen LogP contribution is 2.21. The summed E-state index contributed by atoms with van der Waals surface area (Å²) in [5.41, 5.74) is 2.94. The summed E-state index contributed by atoms with van der Waals surface area (Å²) in [5.74, 6) is 0.448. The number of carbonyl (C=O) groups excluding carboxylic acids is 1. The number of hydrogen-bond donors (Lipinski definition) is 1. The molecule has 1 atom stereocenters. The lowest BCUT2D eigenvalue weighted by molar-refractivity contribution is -0.142. The molecule has 0 aliphatic carbocycles. The van der Waals surface area contributed by atoms with E-state index in [0.29, 0.717) is 13.2 Å². The summed E-state index contributed by atoms with van der Waals surface area (Å²) < 4.78 is 10.7. The number of hydrogen-bond acceptors (Lipinski definition) is 6. The summed E-state index contributed by atoms with van der Waals surface area (Å²) in [4.78, 5) is 19.5. The minimum absolute atomic E-state index is 0.216. The average molecular weight is 343 g/mol. The van der Waals surface area contributed by atoms with Crippen LogP contribution in [0.1, 0.15) is 37.6 Å². The first-order valence-electron chi connectivity index (χ1n) is 8.44. The van der Waals surface area contributed by atoms with Crippen LogP contribution in [0.2, 0.25) is 0 Å². The summed E-state index contributed by atoms with van der Waals surface area (Å²) in [6, 6.07) is 6.22. The Balaban J connectivity index is 1.96. The molecule has 1 aromatic carbocycles. The van der Waals surface area contributed by atoms with Crippen LogP contribution in [0.5, 0.6) is 5.75 Å². The number of esters is 1. The van der Waals surface area contributed by atoms with E-state index >= 15 is 0 Å². The largest absolute Gasteiger partial charge is 0.493 e. The van der Waals surface area contributed by atoms with Crippen molar-refractivity contribution in [3.05, 3.63) is 53.6 Å². The summed E-state index contributed by atoms with van der Waals surface area (Å²) in [6.45, 7) is 6.94. The van der Waals surface area contributed by atoms with E-state index in [-0.39, 0.29) is 18.6 Å². The average Bonchev–Trinajstić information content (AvgIpc) is 2.60. The second-order valence-electron chi connectivity index (χ2n) is 5.84. The molecule has 1 heterocycles. The standard InChI is InChI=1S/C19H25N3O3/c1-4-24-19-6-5-16(10-17(19)13-25-15(3)23)11-22-14(2)9-18-12-20-7-8-21-18/h5-8,10,12,14,22H,4,9,11,13H2,1-3H3. The van der Waals surface area contributed by atoms with Crippen molar-refractivity contribution in [2.75, 3.05) is 6.61 Å². The SMILES string of the molecule is CCOc1ccc(CNC(C)Cc2cnccn2)cc1COC(C)=O. The van der Waals surface area contributed by atoms with Gasteiger partial charge in [0.2, 0.25) is 0 Å². The normalized spacial score (nSPS) is 11.8. The maximum absolute atomic E-state index is 11.1. The molecule has 0 fully saturated rings. The second-order valence-corrected chi connectivity index (χ2v) is 5.84. The lowest BCUT2D eigenvalue weighted by Gasteiger charge is -2.15. The third-order valence-corrected chi connectivity index (χ3v) is 3.64. The van der Waals surface area contributed by atoms with Crippen LogP contribution in [0.25, 0.3) is 0 Å². The summed E-state index contributed by atoms with van der Waals surface area (Å²) in [6.07, 6.45) is 5.97. The van der Waals surface area contributed by atoms with Crippen molar-refractivity contribution in [2.24, 2.45) is 0 Å². The molecular formula is C19H25N3O3. The van der Waals surface area contributed by atoms with Gasteiger partial charge in [0, 0.05) is 50.1 Å². The van der Waals surface area contributed by atoms with E-state index < -0.39 is 0 Å². The van der Waals surface area contributed by atoms with E-state index in [1.54, 1.807) is 18.6 Å². The molecule has 0 bridgehead atoms. The molecule has 0 saturated carbocycles. The first-order chi connectivity index (χ1) is 12.1. The number of nitrogens with one attached hydrogen (secondary N) is 1. The Morgan fingerprint density at radius 3 is 2.84 bits per heavy atom. The smallest absolute Gasteiger partial charge is 0.302 e. The van der Waals surface area contributed by atoms with Crippen molar-refractivity contribution in [3.63, 3.8) is 0 Å². The number of nitrogens with zero attached hydrogens (tertiary/aromatic N) is 2. The van der Waals surface area contributed by atoms with Gasteiger partial charge in [-0.1, -0.05) is 6.07 Å². The van der Waals surface area contributed by atoms with Gasteiger partial charge in [-0.25, -0.2) is 0 Å². The zero-order valence-corrected chi connectivity index (χ0v) is 15.0. The van der Waals surface area contributed by atoms with Crippen molar-refractivity contribution in [2.45, 2.75) is 46.4 Å². The van der Waals surface area contributed by atoms with Crippen molar-refractivity contribution < 1.29 is 14.3 Å². The predicted octanol–water partition coefficient (Wildman–Crippen LogP) is 2.66. The quantitative estimate of drug-likeness (QED) is 0.706. The van der Waals surface area contributed by atoms with Crippen LogP contribution in [0.3, 0.4) is 0 Å². The highest BCUT2D eigenvalue weighted by atomic mass is 16.5. The number of aromatic nitrogens is 2. The van der Waals surface area contributed by atoms with Gasteiger partial charge >= 0.3 is 5.97 Å². The number of carbonyl (C=O) groups is 1. The Labute approximate surface area is 148 Å². The molecule has 0 aliphatic heterocycles. The maximum Gasteiger partial charge on any atom is 0.302 e. The third-order valence-electron chi connectivity index (χ3n) is 3.64. The van der Waals surface area contributed by atoms with Gasteiger partial charge in [-0.05, 0) is 31.5 Å². The van der Waals surface area contributed by atoms with Crippen LogP contribution in [0.4, 0.5) is 0 Å². The van der Waals surface area contributed by atoms with Gasteiger partial charge in [0.1, 0.15) is 12.4 Å². The molecular weight excluding hydrogens is 318 g/mol. The number of benzene rings is 1. The van der Waals surface area contributed by atoms with Gasteiger partial charge in [-0.3, -0.25) is 14.8 Å². The molecule has 0 radical (unpaired) electrons. The van der Waals surface area contributed by atoms with Gasteiger partial charge in [0.15, 0.2) is 0 Å². The third kappa shape index (κ3) is 6.51. The highest BCUT2D eigenvalue weighted by Gasteiger charge is 2.09. The fourth-order valence-corrected chi connectivity index (χ4v) is 2.44. The molecule has 6 heteroatoms. The minimum atomic E-state index is -0.302. The van der Waals surface area contributed by atoms with E-state index in [0.717, 1.165) is 29.0 Å². The summed E-state index contributed by atoms with van der Waals surface area (Å²) in [7, 11) is 0. The molecule has 1 unspecified atom stereocenters. The molecule has 2 rings (SSSR count). The highest BCUT2D eigenvalue weighted by molar-refractivity contribution is 5.66. The monoisotopic (exact) mass is 343 g/mol. The van der Waals surface area contributed by atoms with E-state index in [9.17, 15) is 4.79 Å². The minimum Gasteiger partial charge on any atom is -0.493 e. The molecule has 1 aromatic heterocycles. The molecule has 0 saturated heterocycles. The Morgan fingerprint density at radius 1 is 1.32 bits per heavy atom. The zero-order chi connectivity index (χ0) is 18.1. The molecule has 2 aromatic rings. The van der Waals surface area contributed by atoms with Crippen LogP contribution < -0.4 is 10.1 Å². The zero-order valence-electron chi connectivity index (χ0n) is 15.0. The van der Waals surface area contributed by atoms with Crippen molar-refractivity contribution >= 4 is 5.97 Å². The van der Waals surface area contributed by atoms with Crippen molar-refractivity contribution in [3.8, 4) is 5.75 Å². The van der Waals surface area contributed by atoms with E-state index in [1.807, 2.05) is 25.1 Å². The molecule has 0 amide bonds. The van der Waals surface area contributed by atoms with Crippen LogP contribution in [0, 0.1) is 0 Å². The molecule has 25 heavy (non-hydrogen) atoms. The van der Waals surface area contributed by atoms with E-state index in [1.165, 1.54) is 6.92 Å². The fraction of sp³-hybridized carbons (Fsp3) is 0.421. The fourth-order valence-electron chi connectivity index (χ4n) is 2.44. The number of rotatable bonds is 9. The number of ether oxygens (including phenoxy) is 2. The lowest BCUT2D eigenvalue weighted by Crippen LogP contribution is -2.28. The van der Waals surface area contributed by atoms with Gasteiger partial charge in [-0.2, -0.15) is 0 Å². The topological polar surface area (TPSA) is 73.3 Å². The molecule has 0 aliphatic rings. The van der Waals surface area contributed by atoms with Gasteiger partial charge in [-0.15, -0.1) is 0 Å².